The van der Waals surface area contributed by atoms with Crippen molar-refractivity contribution in [2.75, 3.05) is 0 Å². The summed E-state index contributed by atoms with van der Waals surface area (Å²) in [6.45, 7) is 0. The van der Waals surface area contributed by atoms with Gasteiger partial charge in [-0.1, -0.05) is 84.9 Å². The van der Waals surface area contributed by atoms with Gasteiger partial charge in [-0.05, 0) is 78.6 Å². The second kappa shape index (κ2) is 6.51. The molecule has 5 aromatic rings. The fraction of sp³-hybridized carbons (Fsp3) is 0.0333. The number of hydrogen-bond acceptors (Lipinski definition) is 1. The van der Waals surface area contributed by atoms with Gasteiger partial charge in [0.15, 0.2) is 0 Å². The van der Waals surface area contributed by atoms with Crippen molar-refractivity contribution in [2.45, 2.75) is 5.41 Å². The van der Waals surface area contributed by atoms with E-state index in [1.165, 1.54) is 44.5 Å². The van der Waals surface area contributed by atoms with Crippen molar-refractivity contribution >= 4 is 15.9 Å². The second-order valence-corrected chi connectivity index (χ2v) is 9.42. The van der Waals surface area contributed by atoms with Gasteiger partial charge in [0.25, 0.3) is 0 Å². The average molecular weight is 472 g/mol. The number of aromatic nitrogens is 1. The van der Waals surface area contributed by atoms with Crippen molar-refractivity contribution in [2.24, 2.45) is 0 Å². The van der Waals surface area contributed by atoms with Gasteiger partial charge in [-0.3, -0.25) is 4.98 Å². The summed E-state index contributed by atoms with van der Waals surface area (Å²) in [5, 5.41) is 0. The molecular formula is C30H18BrN. The molecule has 1 nitrogen and oxygen atoms in total. The van der Waals surface area contributed by atoms with Crippen LogP contribution in [0.25, 0.3) is 33.5 Å². The van der Waals surface area contributed by atoms with E-state index >= 15 is 0 Å². The number of rotatable bonds is 1. The van der Waals surface area contributed by atoms with Crippen molar-refractivity contribution < 1.29 is 0 Å². The van der Waals surface area contributed by atoms with E-state index in [1.54, 1.807) is 0 Å². The first-order valence-electron chi connectivity index (χ1n) is 10.8. The molecule has 0 aliphatic heterocycles. The van der Waals surface area contributed by atoms with Gasteiger partial charge in [-0.15, -0.1) is 0 Å². The molecule has 2 heteroatoms. The molecule has 0 fully saturated rings. The molecule has 7 rings (SSSR count). The number of benzene rings is 4. The highest BCUT2D eigenvalue weighted by atomic mass is 79.9. The van der Waals surface area contributed by atoms with Crippen LogP contribution in [0.2, 0.25) is 0 Å². The maximum absolute atomic E-state index is 4.64. The maximum Gasteiger partial charge on any atom is 0.0725 e. The van der Waals surface area contributed by atoms with Gasteiger partial charge in [0, 0.05) is 16.2 Å². The number of nitrogens with zero attached hydrogens (tertiary/aromatic N) is 1. The third-order valence-electron chi connectivity index (χ3n) is 7.02. The molecule has 1 heterocycles. The van der Waals surface area contributed by atoms with Crippen LogP contribution in [0.4, 0.5) is 0 Å². The largest absolute Gasteiger partial charge is 0.255 e. The lowest BCUT2D eigenvalue weighted by atomic mass is 9.70. The Morgan fingerprint density at radius 3 is 1.62 bits per heavy atom. The van der Waals surface area contributed by atoms with Crippen LogP contribution in [-0.4, -0.2) is 4.98 Å². The maximum atomic E-state index is 4.64. The van der Waals surface area contributed by atoms with Crippen molar-refractivity contribution in [1.29, 1.82) is 0 Å². The molecule has 0 amide bonds. The third-order valence-corrected chi connectivity index (χ3v) is 7.49. The first-order chi connectivity index (χ1) is 15.8. The van der Waals surface area contributed by atoms with E-state index in [1.807, 2.05) is 6.20 Å². The second-order valence-electron chi connectivity index (χ2n) is 8.51. The van der Waals surface area contributed by atoms with E-state index in [9.17, 15) is 0 Å². The minimum atomic E-state index is -0.273. The summed E-state index contributed by atoms with van der Waals surface area (Å²) in [4.78, 5) is 4.64. The molecule has 32 heavy (non-hydrogen) atoms. The Morgan fingerprint density at radius 1 is 0.531 bits per heavy atom. The van der Waals surface area contributed by atoms with E-state index in [0.717, 1.165) is 15.7 Å². The molecule has 2 aliphatic rings. The highest BCUT2D eigenvalue weighted by Gasteiger charge is 2.51. The van der Waals surface area contributed by atoms with Crippen LogP contribution >= 0.6 is 15.9 Å². The summed E-state index contributed by atoms with van der Waals surface area (Å²) in [5.41, 5.74) is 12.6. The van der Waals surface area contributed by atoms with Crippen LogP contribution in [0, 0.1) is 0 Å². The molecule has 4 aromatic carbocycles. The topological polar surface area (TPSA) is 12.9 Å². The van der Waals surface area contributed by atoms with Crippen LogP contribution < -0.4 is 0 Å². The Bertz CT molecular complexity index is 1490. The molecule has 150 valence electrons. The number of pyridine rings is 1. The molecule has 0 atom stereocenters. The van der Waals surface area contributed by atoms with Crippen LogP contribution in [-0.2, 0) is 5.41 Å². The lowest BCUT2D eigenvalue weighted by Gasteiger charge is -2.30. The third kappa shape index (κ3) is 2.20. The van der Waals surface area contributed by atoms with Crippen LogP contribution in [0.15, 0.2) is 114 Å². The van der Waals surface area contributed by atoms with Crippen molar-refractivity contribution in [1.82, 2.24) is 4.98 Å². The summed E-state index contributed by atoms with van der Waals surface area (Å²) < 4.78 is 0.992. The normalized spacial score (nSPS) is 14.0. The van der Waals surface area contributed by atoms with Gasteiger partial charge in [0.2, 0.25) is 0 Å². The Morgan fingerprint density at radius 2 is 1.06 bits per heavy atom. The number of fused-ring (bicyclic) bond motifs is 10. The van der Waals surface area contributed by atoms with Gasteiger partial charge in [-0.25, -0.2) is 0 Å². The highest BCUT2D eigenvalue weighted by Crippen LogP contribution is 2.62. The zero-order valence-corrected chi connectivity index (χ0v) is 18.8. The molecule has 0 radical (unpaired) electrons. The van der Waals surface area contributed by atoms with Crippen molar-refractivity contribution in [3.8, 4) is 33.5 Å². The Labute approximate surface area is 195 Å². The molecule has 0 bridgehead atoms. The zero-order valence-electron chi connectivity index (χ0n) is 17.2. The monoisotopic (exact) mass is 471 g/mol. The smallest absolute Gasteiger partial charge is 0.0725 e. The summed E-state index contributed by atoms with van der Waals surface area (Å²) in [7, 11) is 0. The van der Waals surface area contributed by atoms with E-state index < -0.39 is 0 Å². The van der Waals surface area contributed by atoms with Crippen LogP contribution in [0.1, 0.15) is 22.3 Å². The predicted octanol–water partition coefficient (Wildman–Crippen LogP) is 7.85. The Kier molecular flexibility index (Phi) is 3.68. The quantitative estimate of drug-likeness (QED) is 0.237. The van der Waals surface area contributed by atoms with Gasteiger partial charge >= 0.3 is 0 Å². The van der Waals surface area contributed by atoms with E-state index in [4.69, 9.17) is 0 Å². The lowest BCUT2D eigenvalue weighted by molar-refractivity contribution is 0.794. The average Bonchev–Trinajstić information content (AvgIpc) is 3.32. The summed E-state index contributed by atoms with van der Waals surface area (Å²) >= 11 is 3.50. The summed E-state index contributed by atoms with van der Waals surface area (Å²) in [6, 6.07) is 37.7. The number of halogens is 1. The fourth-order valence-corrected chi connectivity index (χ4v) is 6.04. The predicted molar refractivity (Wildman–Crippen MR) is 134 cm³/mol. The Hall–Kier alpha value is -3.49. The molecule has 2 aliphatic carbocycles. The highest BCUT2D eigenvalue weighted by molar-refractivity contribution is 9.10. The standard InChI is InChI=1S/C30H18BrN/c31-20-14-16-29(32-18-20)19-13-15-28-24(17-19)23-9-3-6-12-27(23)30(28)25-10-4-1-7-21(25)22-8-2-5-11-26(22)30/h1-18H. The minimum absolute atomic E-state index is 0.273. The molecule has 0 saturated carbocycles. The lowest BCUT2D eigenvalue weighted by Crippen LogP contribution is -2.25. The molecule has 1 aromatic heterocycles. The van der Waals surface area contributed by atoms with Gasteiger partial charge in [0.1, 0.15) is 0 Å². The summed E-state index contributed by atoms with van der Waals surface area (Å²) in [5.74, 6) is 0. The van der Waals surface area contributed by atoms with E-state index in [0.29, 0.717) is 0 Å². The molecule has 0 N–H and O–H groups in total. The van der Waals surface area contributed by atoms with Crippen molar-refractivity contribution in [3.05, 3.63) is 136 Å². The van der Waals surface area contributed by atoms with Gasteiger partial charge < -0.3 is 0 Å². The first kappa shape index (κ1) is 18.1. The minimum Gasteiger partial charge on any atom is -0.255 e. The van der Waals surface area contributed by atoms with Gasteiger partial charge in [0.05, 0.1) is 11.1 Å². The molecule has 0 unspecified atom stereocenters. The first-order valence-corrected chi connectivity index (χ1v) is 11.6. The molecule has 1 spiro atoms. The van der Waals surface area contributed by atoms with E-state index in [2.05, 4.69) is 124 Å². The van der Waals surface area contributed by atoms with Crippen molar-refractivity contribution in [3.63, 3.8) is 0 Å². The molecule has 0 saturated heterocycles. The Balaban J connectivity index is 1.58. The summed E-state index contributed by atoms with van der Waals surface area (Å²) in [6.07, 6.45) is 1.86. The van der Waals surface area contributed by atoms with Crippen LogP contribution in [0.5, 0.6) is 0 Å². The van der Waals surface area contributed by atoms with E-state index in [-0.39, 0.29) is 5.41 Å². The fourth-order valence-electron chi connectivity index (χ4n) is 5.81. The van der Waals surface area contributed by atoms with Crippen LogP contribution in [0.3, 0.4) is 0 Å². The SMILES string of the molecule is Brc1ccc(-c2ccc3c(c2)-c2ccccc2C32c3ccccc3-c3ccccc32)nc1. The van der Waals surface area contributed by atoms with Gasteiger partial charge in [-0.2, -0.15) is 0 Å². The number of hydrogen-bond donors (Lipinski definition) is 0. The zero-order chi connectivity index (χ0) is 21.3. The molecular weight excluding hydrogens is 454 g/mol.